The van der Waals surface area contributed by atoms with Crippen LogP contribution in [0.5, 0.6) is 0 Å². The molecule has 1 aromatic rings. The van der Waals surface area contributed by atoms with Gasteiger partial charge in [0.05, 0.1) is 12.1 Å². The second kappa shape index (κ2) is 6.07. The number of nitrogens with one attached hydrogen (secondary N) is 3. The van der Waals surface area contributed by atoms with Gasteiger partial charge >= 0.3 is 12.2 Å². The first-order valence-electron chi connectivity index (χ1n) is 5.25. The monoisotopic (exact) mass is 275 g/mol. The molecule has 5 nitrogen and oxygen atoms in total. The fourth-order valence-corrected chi connectivity index (χ4v) is 1.19. The second-order valence-corrected chi connectivity index (χ2v) is 3.56. The van der Waals surface area contributed by atoms with Crippen LogP contribution in [0.3, 0.4) is 0 Å². The van der Waals surface area contributed by atoms with Gasteiger partial charge in [-0.2, -0.15) is 13.2 Å². The number of benzene rings is 1. The Hall–Kier alpha value is -2.25. The SMILES string of the molecule is CNC(=O)NC(=O)CNc1ccc(C(F)(F)F)cc1. The zero-order valence-corrected chi connectivity index (χ0v) is 9.97. The molecule has 0 saturated carbocycles. The van der Waals surface area contributed by atoms with E-state index in [9.17, 15) is 22.8 Å². The molecule has 1 aromatic carbocycles. The Morgan fingerprint density at radius 2 is 1.74 bits per heavy atom. The van der Waals surface area contributed by atoms with E-state index in [0.717, 1.165) is 12.1 Å². The van der Waals surface area contributed by atoms with Gasteiger partial charge < -0.3 is 10.6 Å². The molecule has 0 bridgehead atoms. The number of carbonyl (C=O) groups is 2. The van der Waals surface area contributed by atoms with E-state index in [-0.39, 0.29) is 6.54 Å². The summed E-state index contributed by atoms with van der Waals surface area (Å²) in [5.41, 5.74) is -0.423. The van der Waals surface area contributed by atoms with Crippen LogP contribution in [0.4, 0.5) is 23.7 Å². The van der Waals surface area contributed by atoms with Gasteiger partial charge in [-0.3, -0.25) is 10.1 Å². The predicted octanol–water partition coefficient (Wildman–Crippen LogP) is 1.57. The van der Waals surface area contributed by atoms with Gasteiger partial charge in [-0.05, 0) is 24.3 Å². The fourth-order valence-electron chi connectivity index (χ4n) is 1.19. The van der Waals surface area contributed by atoms with Crippen LogP contribution in [-0.2, 0) is 11.0 Å². The summed E-state index contributed by atoms with van der Waals surface area (Å²) in [5, 5.41) is 6.79. The second-order valence-electron chi connectivity index (χ2n) is 3.56. The number of rotatable bonds is 3. The maximum atomic E-state index is 12.3. The first kappa shape index (κ1) is 14.8. The smallest absolute Gasteiger partial charge is 0.376 e. The number of amides is 3. The molecule has 0 heterocycles. The van der Waals surface area contributed by atoms with Crippen LogP contribution in [0.25, 0.3) is 0 Å². The lowest BCUT2D eigenvalue weighted by molar-refractivity contribution is -0.137. The van der Waals surface area contributed by atoms with Crippen molar-refractivity contribution < 1.29 is 22.8 Å². The largest absolute Gasteiger partial charge is 0.416 e. The Kier molecular flexibility index (Phi) is 4.74. The topological polar surface area (TPSA) is 70.2 Å². The van der Waals surface area contributed by atoms with E-state index in [1.807, 2.05) is 5.32 Å². The molecule has 3 N–H and O–H groups in total. The van der Waals surface area contributed by atoms with Gasteiger partial charge in [0.25, 0.3) is 0 Å². The zero-order chi connectivity index (χ0) is 14.5. The molecule has 0 unspecified atom stereocenters. The van der Waals surface area contributed by atoms with Crippen molar-refractivity contribution in [1.82, 2.24) is 10.6 Å². The summed E-state index contributed by atoms with van der Waals surface area (Å²) in [4.78, 5) is 22.0. The Morgan fingerprint density at radius 1 is 1.16 bits per heavy atom. The molecule has 1 rings (SSSR count). The van der Waals surface area contributed by atoms with E-state index in [0.29, 0.717) is 5.69 Å². The van der Waals surface area contributed by atoms with Crippen molar-refractivity contribution in [3.05, 3.63) is 29.8 Å². The van der Waals surface area contributed by atoms with E-state index in [1.54, 1.807) is 0 Å². The van der Waals surface area contributed by atoms with E-state index in [4.69, 9.17) is 0 Å². The number of hydrogen-bond acceptors (Lipinski definition) is 3. The van der Waals surface area contributed by atoms with Crippen LogP contribution < -0.4 is 16.0 Å². The zero-order valence-electron chi connectivity index (χ0n) is 9.97. The van der Waals surface area contributed by atoms with Crippen LogP contribution in [0, 0.1) is 0 Å². The molecule has 0 aliphatic rings. The highest BCUT2D eigenvalue weighted by atomic mass is 19.4. The van der Waals surface area contributed by atoms with Crippen molar-refractivity contribution >= 4 is 17.6 Å². The van der Waals surface area contributed by atoms with Gasteiger partial charge in [-0.25, -0.2) is 4.79 Å². The van der Waals surface area contributed by atoms with Crippen molar-refractivity contribution in [2.75, 3.05) is 18.9 Å². The standard InChI is InChI=1S/C11H12F3N3O2/c1-15-10(19)17-9(18)6-16-8-4-2-7(3-5-8)11(12,13)14/h2-5,16H,6H2,1H3,(H2,15,17,18,19). The summed E-state index contributed by atoms with van der Waals surface area (Å²) < 4.78 is 36.9. The molecule has 3 amide bonds. The fraction of sp³-hybridized carbons (Fsp3) is 0.273. The Labute approximate surface area is 107 Å². The van der Waals surface area contributed by atoms with Crippen molar-refractivity contribution in [2.45, 2.75) is 6.18 Å². The van der Waals surface area contributed by atoms with Gasteiger partial charge in [0.2, 0.25) is 5.91 Å². The third-order valence-corrected chi connectivity index (χ3v) is 2.15. The normalized spacial score (nSPS) is 10.7. The predicted molar refractivity (Wildman–Crippen MR) is 62.5 cm³/mol. The number of carbonyl (C=O) groups excluding carboxylic acids is 2. The maximum absolute atomic E-state index is 12.3. The van der Waals surface area contributed by atoms with Crippen LogP contribution in [0.2, 0.25) is 0 Å². The van der Waals surface area contributed by atoms with Gasteiger partial charge in [0, 0.05) is 12.7 Å². The minimum Gasteiger partial charge on any atom is -0.376 e. The molecule has 0 aliphatic carbocycles. The lowest BCUT2D eigenvalue weighted by Gasteiger charge is -2.09. The van der Waals surface area contributed by atoms with Crippen LogP contribution in [-0.4, -0.2) is 25.5 Å². The summed E-state index contributed by atoms with van der Waals surface area (Å²) >= 11 is 0. The molecule has 0 spiro atoms. The minimum absolute atomic E-state index is 0.223. The van der Waals surface area contributed by atoms with E-state index in [1.165, 1.54) is 19.2 Å². The summed E-state index contributed by atoms with van der Waals surface area (Å²) in [6.45, 7) is -0.223. The molecule has 0 saturated heterocycles. The number of anilines is 1. The lowest BCUT2D eigenvalue weighted by atomic mass is 10.2. The highest BCUT2D eigenvalue weighted by Crippen LogP contribution is 2.29. The molecule has 104 valence electrons. The molecule has 0 aliphatic heterocycles. The molecule has 8 heteroatoms. The molecule has 0 fully saturated rings. The van der Waals surface area contributed by atoms with Crippen LogP contribution in [0.1, 0.15) is 5.56 Å². The van der Waals surface area contributed by atoms with Crippen molar-refractivity contribution in [3.8, 4) is 0 Å². The van der Waals surface area contributed by atoms with Crippen molar-refractivity contribution in [3.63, 3.8) is 0 Å². The molecular weight excluding hydrogens is 263 g/mol. The summed E-state index contributed by atoms with van der Waals surface area (Å²) in [7, 11) is 1.35. The number of hydrogen-bond donors (Lipinski definition) is 3. The molecule has 0 aromatic heterocycles. The van der Waals surface area contributed by atoms with Crippen LogP contribution >= 0.6 is 0 Å². The Morgan fingerprint density at radius 3 is 2.21 bits per heavy atom. The third kappa shape index (κ3) is 4.86. The average molecular weight is 275 g/mol. The van der Waals surface area contributed by atoms with E-state index in [2.05, 4.69) is 10.6 Å². The summed E-state index contributed by atoms with van der Waals surface area (Å²) in [6.07, 6.45) is -4.39. The van der Waals surface area contributed by atoms with Crippen molar-refractivity contribution in [2.24, 2.45) is 0 Å². The minimum atomic E-state index is -4.39. The van der Waals surface area contributed by atoms with E-state index >= 15 is 0 Å². The maximum Gasteiger partial charge on any atom is 0.416 e. The molecular formula is C11H12F3N3O2. The van der Waals surface area contributed by atoms with Crippen molar-refractivity contribution in [1.29, 1.82) is 0 Å². The number of urea groups is 1. The first-order valence-corrected chi connectivity index (χ1v) is 5.25. The van der Waals surface area contributed by atoms with Gasteiger partial charge in [0.15, 0.2) is 0 Å². The first-order chi connectivity index (χ1) is 8.82. The highest BCUT2D eigenvalue weighted by molar-refractivity contribution is 5.96. The molecule has 19 heavy (non-hydrogen) atoms. The highest BCUT2D eigenvalue weighted by Gasteiger charge is 2.29. The number of halogens is 3. The Bertz CT molecular complexity index is 457. The third-order valence-electron chi connectivity index (χ3n) is 2.15. The Balaban J connectivity index is 2.51. The number of alkyl halides is 3. The van der Waals surface area contributed by atoms with Crippen LogP contribution in [0.15, 0.2) is 24.3 Å². The average Bonchev–Trinajstić information content (AvgIpc) is 2.35. The van der Waals surface area contributed by atoms with Gasteiger partial charge in [0.1, 0.15) is 0 Å². The quantitative estimate of drug-likeness (QED) is 0.784. The summed E-state index contributed by atoms with van der Waals surface area (Å²) in [6, 6.07) is 3.56. The molecule has 0 atom stereocenters. The molecule has 0 radical (unpaired) electrons. The summed E-state index contributed by atoms with van der Waals surface area (Å²) in [5.74, 6) is -0.598. The lowest BCUT2D eigenvalue weighted by Crippen LogP contribution is -2.40. The van der Waals surface area contributed by atoms with Gasteiger partial charge in [-0.1, -0.05) is 0 Å². The van der Waals surface area contributed by atoms with Gasteiger partial charge in [-0.15, -0.1) is 0 Å². The van der Waals surface area contributed by atoms with E-state index < -0.39 is 23.7 Å². The number of imide groups is 1.